The van der Waals surface area contributed by atoms with Crippen LogP contribution in [0, 0.1) is 5.82 Å². The average molecular weight is 377 g/mol. The number of imide groups is 1. The highest BCUT2D eigenvalue weighted by Crippen LogP contribution is 2.24. The molecule has 1 heterocycles. The van der Waals surface area contributed by atoms with E-state index in [1.54, 1.807) is 6.07 Å². The standard InChI is InChI=1S/C16H10BrFN2O3/c1-20-15(22)10-4-2-8(6-11(10)16(20)23)14(21)19-13-5-3-9(17)7-12(13)18/h2-7H,1H3,(H,19,21). The first-order valence-corrected chi connectivity index (χ1v) is 7.40. The van der Waals surface area contributed by atoms with Crippen molar-refractivity contribution in [3.63, 3.8) is 0 Å². The summed E-state index contributed by atoms with van der Waals surface area (Å²) in [6, 6.07) is 8.44. The number of nitrogens with zero attached hydrogens (tertiary/aromatic N) is 1. The van der Waals surface area contributed by atoms with Crippen LogP contribution in [0.3, 0.4) is 0 Å². The SMILES string of the molecule is CN1C(=O)c2ccc(C(=O)Nc3ccc(Br)cc3F)cc2C1=O. The minimum Gasteiger partial charge on any atom is -0.319 e. The van der Waals surface area contributed by atoms with Crippen molar-refractivity contribution >= 4 is 39.3 Å². The van der Waals surface area contributed by atoms with Gasteiger partial charge in [0.05, 0.1) is 16.8 Å². The van der Waals surface area contributed by atoms with E-state index in [-0.39, 0.29) is 22.4 Å². The van der Waals surface area contributed by atoms with Crippen molar-refractivity contribution in [2.75, 3.05) is 12.4 Å². The van der Waals surface area contributed by atoms with Gasteiger partial charge < -0.3 is 5.32 Å². The summed E-state index contributed by atoms with van der Waals surface area (Å²) in [5.41, 5.74) is 0.617. The zero-order chi connectivity index (χ0) is 16.7. The number of hydrogen-bond acceptors (Lipinski definition) is 3. The van der Waals surface area contributed by atoms with Crippen molar-refractivity contribution in [2.45, 2.75) is 0 Å². The molecule has 1 aliphatic rings. The molecular weight excluding hydrogens is 367 g/mol. The van der Waals surface area contributed by atoms with Crippen LogP contribution in [0.2, 0.25) is 0 Å². The first-order valence-electron chi connectivity index (χ1n) is 6.61. The maximum Gasteiger partial charge on any atom is 0.261 e. The third-order valence-electron chi connectivity index (χ3n) is 3.53. The number of carbonyl (C=O) groups excluding carboxylic acids is 3. The van der Waals surface area contributed by atoms with Gasteiger partial charge in [-0.3, -0.25) is 19.3 Å². The molecule has 0 radical (unpaired) electrons. The number of benzene rings is 2. The van der Waals surface area contributed by atoms with Crippen LogP contribution in [0.1, 0.15) is 31.1 Å². The zero-order valence-corrected chi connectivity index (χ0v) is 13.5. The fourth-order valence-electron chi connectivity index (χ4n) is 2.29. The number of anilines is 1. The van der Waals surface area contributed by atoms with Crippen LogP contribution in [0.5, 0.6) is 0 Å². The highest BCUT2D eigenvalue weighted by molar-refractivity contribution is 9.10. The van der Waals surface area contributed by atoms with Gasteiger partial charge in [0.15, 0.2) is 0 Å². The molecular formula is C16H10BrFN2O3. The normalized spacial score (nSPS) is 13.3. The van der Waals surface area contributed by atoms with Gasteiger partial charge in [0, 0.05) is 17.1 Å². The number of nitrogens with one attached hydrogen (secondary N) is 1. The predicted molar refractivity (Wildman–Crippen MR) is 84.9 cm³/mol. The Hall–Kier alpha value is -2.54. The molecule has 2 aromatic rings. The van der Waals surface area contributed by atoms with E-state index in [4.69, 9.17) is 0 Å². The average Bonchev–Trinajstić information content (AvgIpc) is 2.74. The van der Waals surface area contributed by atoms with E-state index in [0.29, 0.717) is 4.47 Å². The summed E-state index contributed by atoms with van der Waals surface area (Å²) in [5.74, 6) is -2.02. The van der Waals surface area contributed by atoms with Crippen LogP contribution < -0.4 is 5.32 Å². The van der Waals surface area contributed by atoms with Gasteiger partial charge in [-0.1, -0.05) is 15.9 Å². The molecule has 0 bridgehead atoms. The molecule has 0 unspecified atom stereocenters. The van der Waals surface area contributed by atoms with Gasteiger partial charge in [-0.25, -0.2) is 4.39 Å². The molecule has 0 aromatic heterocycles. The Morgan fingerprint density at radius 1 is 1.09 bits per heavy atom. The Labute approximate surface area is 139 Å². The van der Waals surface area contributed by atoms with E-state index in [0.717, 1.165) is 4.90 Å². The Bertz CT molecular complexity index is 866. The van der Waals surface area contributed by atoms with Crippen LogP contribution in [-0.4, -0.2) is 29.7 Å². The van der Waals surface area contributed by atoms with E-state index in [1.165, 1.54) is 37.4 Å². The zero-order valence-electron chi connectivity index (χ0n) is 11.9. The number of amides is 3. The van der Waals surface area contributed by atoms with E-state index >= 15 is 0 Å². The van der Waals surface area contributed by atoms with Crippen molar-refractivity contribution < 1.29 is 18.8 Å². The van der Waals surface area contributed by atoms with E-state index in [9.17, 15) is 18.8 Å². The van der Waals surface area contributed by atoms with Crippen LogP contribution in [0.15, 0.2) is 40.9 Å². The molecule has 7 heteroatoms. The Balaban J connectivity index is 1.90. The summed E-state index contributed by atoms with van der Waals surface area (Å²) in [6.45, 7) is 0. The first kappa shape index (κ1) is 15.4. The second-order valence-electron chi connectivity index (χ2n) is 5.01. The number of hydrogen-bond donors (Lipinski definition) is 1. The fourth-order valence-corrected chi connectivity index (χ4v) is 2.62. The lowest BCUT2D eigenvalue weighted by atomic mass is 10.1. The topological polar surface area (TPSA) is 66.5 Å². The third-order valence-corrected chi connectivity index (χ3v) is 4.02. The molecule has 0 saturated carbocycles. The predicted octanol–water partition coefficient (Wildman–Crippen LogP) is 3.07. The molecule has 0 saturated heterocycles. The summed E-state index contributed by atoms with van der Waals surface area (Å²) in [6.07, 6.45) is 0. The van der Waals surface area contributed by atoms with Gasteiger partial charge in [0.2, 0.25) is 0 Å². The number of rotatable bonds is 2. The number of fused-ring (bicyclic) bond motifs is 1. The summed E-state index contributed by atoms with van der Waals surface area (Å²) in [5, 5.41) is 2.44. The molecule has 0 spiro atoms. The molecule has 3 amide bonds. The van der Waals surface area contributed by atoms with Crippen molar-refractivity contribution in [3.8, 4) is 0 Å². The van der Waals surface area contributed by atoms with Crippen molar-refractivity contribution in [1.82, 2.24) is 4.90 Å². The van der Waals surface area contributed by atoms with Gasteiger partial charge in [0.25, 0.3) is 17.7 Å². The molecule has 116 valence electrons. The van der Waals surface area contributed by atoms with E-state index in [1.807, 2.05) is 0 Å². The molecule has 0 fully saturated rings. The molecule has 0 aliphatic carbocycles. The van der Waals surface area contributed by atoms with Gasteiger partial charge in [-0.2, -0.15) is 0 Å². The van der Waals surface area contributed by atoms with Crippen LogP contribution in [-0.2, 0) is 0 Å². The highest BCUT2D eigenvalue weighted by atomic mass is 79.9. The lowest BCUT2D eigenvalue weighted by Crippen LogP contribution is -2.24. The molecule has 0 atom stereocenters. The highest BCUT2D eigenvalue weighted by Gasteiger charge is 2.33. The monoisotopic (exact) mass is 376 g/mol. The summed E-state index contributed by atoms with van der Waals surface area (Å²) in [7, 11) is 1.38. The minimum absolute atomic E-state index is 0.0261. The van der Waals surface area contributed by atoms with Crippen LogP contribution in [0.4, 0.5) is 10.1 Å². The van der Waals surface area contributed by atoms with Crippen molar-refractivity contribution in [1.29, 1.82) is 0 Å². The Kier molecular flexibility index (Phi) is 3.73. The largest absolute Gasteiger partial charge is 0.319 e. The van der Waals surface area contributed by atoms with E-state index in [2.05, 4.69) is 21.2 Å². The lowest BCUT2D eigenvalue weighted by molar-refractivity contribution is 0.0693. The smallest absolute Gasteiger partial charge is 0.261 e. The first-order chi connectivity index (χ1) is 10.9. The molecule has 1 N–H and O–H groups in total. The minimum atomic E-state index is -0.583. The third kappa shape index (κ3) is 2.63. The van der Waals surface area contributed by atoms with Crippen LogP contribution in [0.25, 0.3) is 0 Å². The summed E-state index contributed by atoms with van der Waals surface area (Å²) < 4.78 is 14.3. The molecule has 23 heavy (non-hydrogen) atoms. The van der Waals surface area contributed by atoms with E-state index < -0.39 is 23.5 Å². The van der Waals surface area contributed by atoms with Crippen LogP contribution >= 0.6 is 15.9 Å². The van der Waals surface area contributed by atoms with Gasteiger partial charge in [-0.05, 0) is 36.4 Å². The lowest BCUT2D eigenvalue weighted by Gasteiger charge is -2.07. The number of halogens is 2. The molecule has 2 aromatic carbocycles. The quantitative estimate of drug-likeness (QED) is 0.819. The molecule has 3 rings (SSSR count). The fraction of sp³-hybridized carbons (Fsp3) is 0.0625. The number of carbonyl (C=O) groups is 3. The second kappa shape index (κ2) is 5.58. The van der Waals surface area contributed by atoms with Gasteiger partial charge in [-0.15, -0.1) is 0 Å². The van der Waals surface area contributed by atoms with Gasteiger partial charge in [0.1, 0.15) is 5.82 Å². The summed E-state index contributed by atoms with van der Waals surface area (Å²) in [4.78, 5) is 37.0. The van der Waals surface area contributed by atoms with Gasteiger partial charge >= 0.3 is 0 Å². The summed E-state index contributed by atoms with van der Waals surface area (Å²) >= 11 is 3.13. The van der Waals surface area contributed by atoms with Crippen molar-refractivity contribution in [2.24, 2.45) is 0 Å². The second-order valence-corrected chi connectivity index (χ2v) is 5.92. The molecule has 1 aliphatic heterocycles. The van der Waals surface area contributed by atoms with Crippen molar-refractivity contribution in [3.05, 3.63) is 63.4 Å². The maximum absolute atomic E-state index is 13.8. The maximum atomic E-state index is 13.8. The molecule has 5 nitrogen and oxygen atoms in total. The Morgan fingerprint density at radius 3 is 2.48 bits per heavy atom. The Morgan fingerprint density at radius 2 is 1.78 bits per heavy atom.